The van der Waals surface area contributed by atoms with Gasteiger partial charge in [0.15, 0.2) is 5.82 Å². The number of hydrogen-bond donors (Lipinski definition) is 1. The van der Waals surface area contributed by atoms with Crippen molar-refractivity contribution in [3.05, 3.63) is 70.7 Å². The molecule has 3 unspecified atom stereocenters. The molecule has 0 amide bonds. The Balaban J connectivity index is 1.46. The summed E-state index contributed by atoms with van der Waals surface area (Å²) in [5.74, 6) is 2.28. The average Bonchev–Trinajstić information content (AvgIpc) is 3.51. The SMILES string of the molecule is CCCCc1cn(C2C(C)CC2C(C)C)c(=O)n1Cc1cc(-c2cccc(-c3nnn[nH]3)c2)ccn1. The minimum Gasteiger partial charge on any atom is -0.295 e. The zero-order valence-electron chi connectivity index (χ0n) is 21.6. The van der Waals surface area contributed by atoms with Crippen molar-refractivity contribution in [2.75, 3.05) is 0 Å². The van der Waals surface area contributed by atoms with Gasteiger partial charge in [0, 0.05) is 29.7 Å². The van der Waals surface area contributed by atoms with E-state index < -0.39 is 0 Å². The van der Waals surface area contributed by atoms with Crippen LogP contribution in [0.4, 0.5) is 0 Å². The highest BCUT2D eigenvalue weighted by atomic mass is 16.1. The lowest BCUT2D eigenvalue weighted by molar-refractivity contribution is 0.0538. The molecule has 3 atom stereocenters. The van der Waals surface area contributed by atoms with E-state index in [4.69, 9.17) is 0 Å². The van der Waals surface area contributed by atoms with Gasteiger partial charge >= 0.3 is 5.69 Å². The Morgan fingerprint density at radius 3 is 2.67 bits per heavy atom. The molecule has 1 fully saturated rings. The molecule has 1 N–H and O–H groups in total. The van der Waals surface area contributed by atoms with Gasteiger partial charge in [0.05, 0.1) is 12.2 Å². The number of nitrogens with one attached hydrogen (secondary N) is 1. The molecule has 0 bridgehead atoms. The van der Waals surface area contributed by atoms with Crippen molar-refractivity contribution in [3.63, 3.8) is 0 Å². The fraction of sp³-hybridized carbons (Fsp3) is 0.464. The highest BCUT2D eigenvalue weighted by molar-refractivity contribution is 5.70. The molecule has 188 valence electrons. The van der Waals surface area contributed by atoms with Gasteiger partial charge in [-0.25, -0.2) is 9.89 Å². The van der Waals surface area contributed by atoms with Crippen LogP contribution in [-0.4, -0.2) is 34.7 Å². The number of rotatable bonds is 9. The third kappa shape index (κ3) is 4.64. The second kappa shape index (κ2) is 10.2. The topological polar surface area (TPSA) is 94.3 Å². The van der Waals surface area contributed by atoms with Crippen LogP contribution in [0.25, 0.3) is 22.5 Å². The Bertz CT molecular complexity index is 1370. The summed E-state index contributed by atoms with van der Waals surface area (Å²) in [6, 6.07) is 12.4. The van der Waals surface area contributed by atoms with E-state index in [1.54, 1.807) is 0 Å². The molecule has 1 aliphatic carbocycles. The van der Waals surface area contributed by atoms with E-state index in [1.807, 2.05) is 33.5 Å². The second-order valence-corrected chi connectivity index (χ2v) is 10.5. The van der Waals surface area contributed by atoms with Crippen LogP contribution in [0.1, 0.15) is 64.4 Å². The van der Waals surface area contributed by atoms with Gasteiger partial charge in [-0.3, -0.25) is 14.1 Å². The van der Waals surface area contributed by atoms with E-state index in [9.17, 15) is 4.79 Å². The molecular formula is C28H35N7O. The van der Waals surface area contributed by atoms with Gasteiger partial charge in [-0.15, -0.1) is 5.10 Å². The first-order chi connectivity index (χ1) is 17.5. The van der Waals surface area contributed by atoms with E-state index in [2.05, 4.69) is 77.7 Å². The maximum Gasteiger partial charge on any atom is 0.328 e. The molecule has 0 spiro atoms. The lowest BCUT2D eigenvalue weighted by Gasteiger charge is -2.45. The molecule has 36 heavy (non-hydrogen) atoms. The number of hydrogen-bond acceptors (Lipinski definition) is 5. The van der Waals surface area contributed by atoms with Gasteiger partial charge in [-0.2, -0.15) is 0 Å². The van der Waals surface area contributed by atoms with Crippen LogP contribution >= 0.6 is 0 Å². The molecule has 8 heteroatoms. The Morgan fingerprint density at radius 2 is 1.94 bits per heavy atom. The molecule has 0 radical (unpaired) electrons. The Kier molecular flexibility index (Phi) is 6.85. The summed E-state index contributed by atoms with van der Waals surface area (Å²) in [6.45, 7) is 9.47. The van der Waals surface area contributed by atoms with Crippen molar-refractivity contribution in [1.29, 1.82) is 0 Å². The normalized spacial score (nSPS) is 19.5. The van der Waals surface area contributed by atoms with E-state index in [-0.39, 0.29) is 11.7 Å². The van der Waals surface area contributed by atoms with Crippen molar-refractivity contribution < 1.29 is 0 Å². The zero-order chi connectivity index (χ0) is 25.2. The number of imidazole rings is 1. The van der Waals surface area contributed by atoms with Crippen LogP contribution in [0.2, 0.25) is 0 Å². The standard InChI is InChI=1S/C28H35N7O/c1-5-6-10-24-17-35(26-19(4)13-25(26)18(2)3)28(36)34(24)16-23-15-21(11-12-29-23)20-8-7-9-22(14-20)27-30-32-33-31-27/h7-9,11-12,14-15,17-19,25-26H,5-6,10,13,16H2,1-4H3,(H,30,31,32,33). The lowest BCUT2D eigenvalue weighted by atomic mass is 9.66. The number of aryl methyl sites for hydroxylation is 1. The fourth-order valence-corrected chi connectivity index (χ4v) is 5.60. The maximum absolute atomic E-state index is 13.7. The first kappa shape index (κ1) is 24.2. The Labute approximate surface area is 211 Å². The summed E-state index contributed by atoms with van der Waals surface area (Å²) >= 11 is 0. The molecular weight excluding hydrogens is 450 g/mol. The van der Waals surface area contributed by atoms with Crippen molar-refractivity contribution in [2.24, 2.45) is 17.8 Å². The molecule has 8 nitrogen and oxygen atoms in total. The maximum atomic E-state index is 13.7. The van der Waals surface area contributed by atoms with Gasteiger partial charge in [-0.05, 0) is 76.8 Å². The van der Waals surface area contributed by atoms with Gasteiger partial charge in [0.25, 0.3) is 0 Å². The highest BCUT2D eigenvalue weighted by Crippen LogP contribution is 2.47. The molecule has 4 aromatic rings. The Morgan fingerprint density at radius 1 is 1.14 bits per heavy atom. The minimum atomic E-state index is 0.0929. The van der Waals surface area contributed by atoms with E-state index in [0.717, 1.165) is 47.3 Å². The van der Waals surface area contributed by atoms with Crippen LogP contribution in [0.3, 0.4) is 0 Å². The molecule has 5 rings (SSSR count). The molecule has 3 aromatic heterocycles. The van der Waals surface area contributed by atoms with Crippen LogP contribution in [0, 0.1) is 17.8 Å². The number of tetrazole rings is 1. The molecule has 0 aliphatic heterocycles. The van der Waals surface area contributed by atoms with E-state index >= 15 is 0 Å². The van der Waals surface area contributed by atoms with E-state index in [0.29, 0.717) is 30.1 Å². The first-order valence-electron chi connectivity index (χ1n) is 13.1. The molecule has 1 aliphatic rings. The summed E-state index contributed by atoms with van der Waals surface area (Å²) in [7, 11) is 0. The third-order valence-electron chi connectivity index (χ3n) is 7.67. The quantitative estimate of drug-likeness (QED) is 0.354. The van der Waals surface area contributed by atoms with Gasteiger partial charge in [0.2, 0.25) is 0 Å². The Hall–Kier alpha value is -3.55. The van der Waals surface area contributed by atoms with Gasteiger partial charge < -0.3 is 0 Å². The lowest BCUT2D eigenvalue weighted by Crippen LogP contribution is -2.44. The van der Waals surface area contributed by atoms with Crippen molar-refractivity contribution in [2.45, 2.75) is 66.0 Å². The first-order valence-corrected chi connectivity index (χ1v) is 13.1. The second-order valence-electron chi connectivity index (χ2n) is 10.5. The number of nitrogens with zero attached hydrogens (tertiary/aromatic N) is 6. The minimum absolute atomic E-state index is 0.0929. The number of aromatic nitrogens is 7. The van der Waals surface area contributed by atoms with Crippen molar-refractivity contribution >= 4 is 0 Å². The third-order valence-corrected chi connectivity index (χ3v) is 7.67. The zero-order valence-corrected chi connectivity index (χ0v) is 21.6. The van der Waals surface area contributed by atoms with E-state index in [1.165, 1.54) is 6.42 Å². The molecule has 3 heterocycles. The predicted octanol–water partition coefficient (Wildman–Crippen LogP) is 5.14. The van der Waals surface area contributed by atoms with Crippen molar-refractivity contribution in [1.82, 2.24) is 34.7 Å². The van der Waals surface area contributed by atoms with Crippen LogP contribution in [-0.2, 0) is 13.0 Å². The smallest absolute Gasteiger partial charge is 0.295 e. The van der Waals surface area contributed by atoms with Gasteiger partial charge in [-0.1, -0.05) is 52.3 Å². The molecule has 1 aromatic carbocycles. The number of pyridine rings is 1. The number of aromatic amines is 1. The largest absolute Gasteiger partial charge is 0.328 e. The number of benzene rings is 1. The summed E-state index contributed by atoms with van der Waals surface area (Å²) < 4.78 is 3.98. The van der Waals surface area contributed by atoms with Gasteiger partial charge in [0.1, 0.15) is 0 Å². The van der Waals surface area contributed by atoms with Crippen LogP contribution in [0.5, 0.6) is 0 Å². The molecule has 0 saturated heterocycles. The van der Waals surface area contributed by atoms with Crippen LogP contribution in [0.15, 0.2) is 53.6 Å². The average molecular weight is 486 g/mol. The van der Waals surface area contributed by atoms with Crippen LogP contribution < -0.4 is 5.69 Å². The summed E-state index contributed by atoms with van der Waals surface area (Å²) in [5, 5.41) is 14.2. The fourth-order valence-electron chi connectivity index (χ4n) is 5.60. The number of H-pyrrole nitrogens is 1. The number of unbranched alkanes of at least 4 members (excludes halogenated alkanes) is 1. The summed E-state index contributed by atoms with van der Waals surface area (Å²) in [4.78, 5) is 18.3. The molecule has 1 saturated carbocycles. The highest BCUT2D eigenvalue weighted by Gasteiger charge is 2.42. The summed E-state index contributed by atoms with van der Waals surface area (Å²) in [5.41, 5.74) is 5.08. The predicted molar refractivity (Wildman–Crippen MR) is 140 cm³/mol. The summed E-state index contributed by atoms with van der Waals surface area (Å²) in [6.07, 6.45) is 8.21. The monoisotopic (exact) mass is 485 g/mol. The van der Waals surface area contributed by atoms with Crippen molar-refractivity contribution in [3.8, 4) is 22.5 Å².